The maximum absolute atomic E-state index is 11.4. The molecule has 0 fully saturated rings. The number of ketones is 1. The van der Waals surface area contributed by atoms with Gasteiger partial charge in [-0.25, -0.2) is 8.42 Å². The van der Waals surface area contributed by atoms with E-state index in [0.29, 0.717) is 0 Å². The fourth-order valence-corrected chi connectivity index (χ4v) is 1.72. The van der Waals surface area contributed by atoms with E-state index in [9.17, 15) is 13.2 Å². The van der Waals surface area contributed by atoms with E-state index in [2.05, 4.69) is 0 Å². The number of rotatable bonds is 6. The van der Waals surface area contributed by atoms with Gasteiger partial charge in [-0.3, -0.25) is 4.79 Å². The second-order valence-electron chi connectivity index (χ2n) is 3.60. The van der Waals surface area contributed by atoms with Crippen molar-refractivity contribution in [3.63, 3.8) is 0 Å². The first-order chi connectivity index (χ1) is 6.30. The van der Waals surface area contributed by atoms with Gasteiger partial charge >= 0.3 is 0 Å². The van der Waals surface area contributed by atoms with Gasteiger partial charge in [-0.2, -0.15) is 0 Å². The zero-order valence-corrected chi connectivity index (χ0v) is 9.80. The average Bonchev–Trinajstić information content (AvgIpc) is 2.13. The normalized spacial score (nSPS) is 16.3. The molecule has 2 N–H and O–H groups in total. The molecular formula is C9H19NO3S. The van der Waals surface area contributed by atoms with Gasteiger partial charge in [0.1, 0.15) is 15.6 Å². The summed E-state index contributed by atoms with van der Waals surface area (Å²) in [5.74, 6) is -0.300. The summed E-state index contributed by atoms with van der Waals surface area (Å²) in [6.07, 6.45) is 0.0822. The molecule has 0 saturated carbocycles. The molecule has 0 aromatic heterocycles. The minimum absolute atomic E-state index is 0.0562. The maximum Gasteiger partial charge on any atom is 0.150 e. The Morgan fingerprint density at radius 1 is 1.36 bits per heavy atom. The van der Waals surface area contributed by atoms with Gasteiger partial charge in [0.2, 0.25) is 0 Å². The standard InChI is InChI=1S/C9H19NO3S/c1-4-14(12,13)6-5-9(11)7(2)8(3)10/h7-8H,4-6,10H2,1-3H3. The van der Waals surface area contributed by atoms with E-state index in [1.165, 1.54) is 0 Å². The number of carbonyl (C=O) groups is 1. The van der Waals surface area contributed by atoms with Crippen LogP contribution in [0.15, 0.2) is 0 Å². The van der Waals surface area contributed by atoms with Crippen molar-refractivity contribution in [2.24, 2.45) is 11.7 Å². The molecule has 84 valence electrons. The first-order valence-corrected chi connectivity index (χ1v) is 6.61. The molecule has 0 rings (SSSR count). The van der Waals surface area contributed by atoms with E-state index in [1.807, 2.05) is 0 Å². The summed E-state index contributed by atoms with van der Waals surface area (Å²) in [6.45, 7) is 5.05. The highest BCUT2D eigenvalue weighted by molar-refractivity contribution is 7.91. The van der Waals surface area contributed by atoms with Crippen LogP contribution in [-0.2, 0) is 14.6 Å². The van der Waals surface area contributed by atoms with Crippen LogP contribution < -0.4 is 5.73 Å². The third-order valence-corrected chi connectivity index (χ3v) is 4.10. The predicted octanol–water partition coefficient (Wildman–Crippen LogP) is 0.364. The summed E-state index contributed by atoms with van der Waals surface area (Å²) in [6, 6.07) is -0.216. The van der Waals surface area contributed by atoms with Crippen molar-refractivity contribution < 1.29 is 13.2 Å². The molecule has 0 heterocycles. The third kappa shape index (κ3) is 4.72. The largest absolute Gasteiger partial charge is 0.327 e. The Bertz CT molecular complexity index is 282. The van der Waals surface area contributed by atoms with Gasteiger partial charge < -0.3 is 5.73 Å². The summed E-state index contributed by atoms with van der Waals surface area (Å²) in [5.41, 5.74) is 5.54. The van der Waals surface area contributed by atoms with Crippen LogP contribution >= 0.6 is 0 Å². The maximum atomic E-state index is 11.4. The van der Waals surface area contributed by atoms with Crippen LogP contribution in [0.25, 0.3) is 0 Å². The molecule has 0 aromatic rings. The van der Waals surface area contributed by atoms with Gasteiger partial charge in [-0.15, -0.1) is 0 Å². The van der Waals surface area contributed by atoms with Crippen molar-refractivity contribution in [3.8, 4) is 0 Å². The highest BCUT2D eigenvalue weighted by Crippen LogP contribution is 2.06. The molecule has 0 bridgehead atoms. The van der Waals surface area contributed by atoms with Crippen molar-refractivity contribution in [2.45, 2.75) is 33.2 Å². The number of hydrogen-bond acceptors (Lipinski definition) is 4. The van der Waals surface area contributed by atoms with E-state index in [-0.39, 0.29) is 35.7 Å². The Balaban J connectivity index is 4.10. The van der Waals surface area contributed by atoms with E-state index in [0.717, 1.165) is 0 Å². The first kappa shape index (κ1) is 13.6. The molecular weight excluding hydrogens is 202 g/mol. The fourth-order valence-electron chi connectivity index (χ4n) is 0.921. The third-order valence-electron chi connectivity index (χ3n) is 2.40. The molecule has 0 saturated heterocycles. The molecule has 0 aliphatic rings. The van der Waals surface area contributed by atoms with Crippen LogP contribution in [0, 0.1) is 5.92 Å². The molecule has 0 aliphatic carbocycles. The molecule has 0 spiro atoms. The lowest BCUT2D eigenvalue weighted by atomic mass is 9.98. The number of Topliss-reactive ketones (excluding diaryl/α,β-unsaturated/α-hetero) is 1. The monoisotopic (exact) mass is 221 g/mol. The number of nitrogens with two attached hydrogens (primary N) is 1. The average molecular weight is 221 g/mol. The van der Waals surface area contributed by atoms with Gasteiger partial charge in [0.05, 0.1) is 5.75 Å². The highest BCUT2D eigenvalue weighted by Gasteiger charge is 2.19. The Labute approximate surface area is 85.8 Å². The Kier molecular flexibility index (Phi) is 5.29. The fraction of sp³-hybridized carbons (Fsp3) is 0.889. The van der Waals surface area contributed by atoms with Crippen molar-refractivity contribution in [1.29, 1.82) is 0 Å². The lowest BCUT2D eigenvalue weighted by Gasteiger charge is -2.13. The zero-order chi connectivity index (χ0) is 11.4. The molecule has 2 atom stereocenters. The predicted molar refractivity (Wildman–Crippen MR) is 56.8 cm³/mol. The van der Waals surface area contributed by atoms with E-state index in [1.54, 1.807) is 20.8 Å². The summed E-state index contributed by atoms with van der Waals surface area (Å²) >= 11 is 0. The van der Waals surface area contributed by atoms with E-state index < -0.39 is 9.84 Å². The smallest absolute Gasteiger partial charge is 0.150 e. The van der Waals surface area contributed by atoms with Crippen LogP contribution in [0.4, 0.5) is 0 Å². The van der Waals surface area contributed by atoms with Crippen molar-refractivity contribution >= 4 is 15.6 Å². The molecule has 4 nitrogen and oxygen atoms in total. The van der Waals surface area contributed by atoms with Gasteiger partial charge in [-0.1, -0.05) is 13.8 Å². The van der Waals surface area contributed by atoms with Crippen LogP contribution in [0.2, 0.25) is 0 Å². The minimum atomic E-state index is -3.04. The van der Waals surface area contributed by atoms with E-state index >= 15 is 0 Å². The molecule has 0 amide bonds. The molecule has 0 aliphatic heterocycles. The molecule has 5 heteroatoms. The molecule has 2 unspecified atom stereocenters. The summed E-state index contributed by atoms with van der Waals surface area (Å²) in [4.78, 5) is 11.4. The molecule has 0 aromatic carbocycles. The van der Waals surface area contributed by atoms with E-state index in [4.69, 9.17) is 5.73 Å². The second-order valence-corrected chi connectivity index (χ2v) is 6.07. The van der Waals surface area contributed by atoms with Crippen LogP contribution in [0.1, 0.15) is 27.2 Å². The minimum Gasteiger partial charge on any atom is -0.327 e. The SMILES string of the molecule is CCS(=O)(=O)CCC(=O)C(C)C(C)N. The number of sulfone groups is 1. The number of carbonyl (C=O) groups excluding carboxylic acids is 1. The molecule has 0 radical (unpaired) electrons. The van der Waals surface area contributed by atoms with Gasteiger partial charge in [0.25, 0.3) is 0 Å². The summed E-state index contributed by atoms with van der Waals surface area (Å²) in [7, 11) is -3.04. The van der Waals surface area contributed by atoms with Gasteiger partial charge in [-0.05, 0) is 6.92 Å². The first-order valence-electron chi connectivity index (χ1n) is 4.79. The van der Waals surface area contributed by atoms with Gasteiger partial charge in [0, 0.05) is 24.1 Å². The number of hydrogen-bond donors (Lipinski definition) is 1. The molecule has 14 heavy (non-hydrogen) atoms. The summed E-state index contributed by atoms with van der Waals surface area (Å²) < 4.78 is 22.2. The zero-order valence-electron chi connectivity index (χ0n) is 8.99. The van der Waals surface area contributed by atoms with Crippen molar-refractivity contribution in [2.75, 3.05) is 11.5 Å². The quantitative estimate of drug-likeness (QED) is 0.702. The van der Waals surface area contributed by atoms with Gasteiger partial charge in [0.15, 0.2) is 0 Å². The lowest BCUT2D eigenvalue weighted by Crippen LogP contribution is -2.31. The topological polar surface area (TPSA) is 77.2 Å². The Morgan fingerprint density at radius 3 is 2.21 bits per heavy atom. The second kappa shape index (κ2) is 5.46. The highest BCUT2D eigenvalue weighted by atomic mass is 32.2. The Morgan fingerprint density at radius 2 is 1.86 bits per heavy atom. The Hall–Kier alpha value is -0.420. The van der Waals surface area contributed by atoms with Crippen LogP contribution in [0.3, 0.4) is 0 Å². The summed E-state index contributed by atoms with van der Waals surface area (Å²) in [5, 5.41) is 0. The van der Waals surface area contributed by atoms with Crippen molar-refractivity contribution in [3.05, 3.63) is 0 Å². The van der Waals surface area contributed by atoms with Crippen LogP contribution in [0.5, 0.6) is 0 Å². The lowest BCUT2D eigenvalue weighted by molar-refractivity contribution is -0.122. The van der Waals surface area contributed by atoms with Crippen LogP contribution in [-0.4, -0.2) is 31.7 Å². The van der Waals surface area contributed by atoms with Crippen molar-refractivity contribution in [1.82, 2.24) is 0 Å².